The highest BCUT2D eigenvalue weighted by Gasteiger charge is 2.31. The lowest BCUT2D eigenvalue weighted by molar-refractivity contribution is -0.137. The van der Waals surface area contributed by atoms with E-state index in [4.69, 9.17) is 0 Å². The van der Waals surface area contributed by atoms with Crippen molar-refractivity contribution in [2.75, 3.05) is 33.7 Å². The average Bonchev–Trinajstić information content (AvgIpc) is 2.48. The first-order chi connectivity index (χ1) is 10.4. The van der Waals surface area contributed by atoms with Crippen LogP contribution in [0.5, 0.6) is 0 Å². The monoisotopic (exact) mass is 314 g/mol. The predicted molar refractivity (Wildman–Crippen MR) is 80.8 cm³/mol. The fourth-order valence-electron chi connectivity index (χ4n) is 2.37. The van der Waals surface area contributed by atoms with Crippen LogP contribution in [0, 0.1) is 0 Å². The molecule has 0 saturated carbocycles. The van der Waals surface area contributed by atoms with Crippen LogP contribution in [0.3, 0.4) is 0 Å². The number of guanidine groups is 1. The minimum Gasteiger partial charge on any atom is -0.356 e. The van der Waals surface area contributed by atoms with Crippen molar-refractivity contribution in [2.24, 2.45) is 4.99 Å². The summed E-state index contributed by atoms with van der Waals surface area (Å²) in [7, 11) is 3.70. The Balaban J connectivity index is 2.12. The molecule has 0 bridgehead atoms. The Morgan fingerprint density at radius 1 is 1.36 bits per heavy atom. The molecule has 0 unspecified atom stereocenters. The van der Waals surface area contributed by atoms with Crippen LogP contribution in [0.1, 0.15) is 23.6 Å². The van der Waals surface area contributed by atoms with Gasteiger partial charge in [-0.15, -0.1) is 0 Å². The van der Waals surface area contributed by atoms with Gasteiger partial charge < -0.3 is 15.5 Å². The molecule has 0 radical (unpaired) electrons. The van der Waals surface area contributed by atoms with E-state index < -0.39 is 11.7 Å². The van der Waals surface area contributed by atoms with Gasteiger partial charge in [0.1, 0.15) is 0 Å². The predicted octanol–water partition coefficient (Wildman–Crippen LogP) is 2.25. The van der Waals surface area contributed by atoms with E-state index in [9.17, 15) is 13.2 Å². The van der Waals surface area contributed by atoms with Crippen molar-refractivity contribution in [3.63, 3.8) is 0 Å². The summed E-state index contributed by atoms with van der Waals surface area (Å²) in [5.41, 5.74) is 0.00807. The van der Waals surface area contributed by atoms with Gasteiger partial charge in [-0.25, -0.2) is 0 Å². The maximum Gasteiger partial charge on any atom is 0.416 e. The summed E-state index contributed by atoms with van der Waals surface area (Å²) >= 11 is 0. The Morgan fingerprint density at radius 2 is 2.14 bits per heavy atom. The molecule has 22 heavy (non-hydrogen) atoms. The topological polar surface area (TPSA) is 39.7 Å². The van der Waals surface area contributed by atoms with Crippen molar-refractivity contribution >= 4 is 5.96 Å². The second kappa shape index (κ2) is 7.00. The lowest BCUT2D eigenvalue weighted by Gasteiger charge is -2.27. The van der Waals surface area contributed by atoms with Crippen molar-refractivity contribution < 1.29 is 13.2 Å². The number of hydrogen-bond donors (Lipinski definition) is 2. The molecule has 0 aliphatic carbocycles. The third-order valence-corrected chi connectivity index (χ3v) is 3.58. The molecule has 122 valence electrons. The Kier molecular flexibility index (Phi) is 5.28. The SMILES string of the molecule is CN(C)[C@@H](CNC1=NCCCN1)c1cccc(C(F)(F)F)c1. The van der Waals surface area contributed by atoms with Gasteiger partial charge >= 0.3 is 6.18 Å². The molecule has 1 aromatic carbocycles. The third-order valence-electron chi connectivity index (χ3n) is 3.58. The molecule has 0 saturated heterocycles. The highest BCUT2D eigenvalue weighted by molar-refractivity contribution is 5.80. The van der Waals surface area contributed by atoms with Crippen molar-refractivity contribution in [2.45, 2.75) is 18.6 Å². The molecule has 2 rings (SSSR count). The van der Waals surface area contributed by atoms with E-state index in [2.05, 4.69) is 15.6 Å². The zero-order valence-electron chi connectivity index (χ0n) is 12.7. The lowest BCUT2D eigenvalue weighted by atomic mass is 10.0. The largest absolute Gasteiger partial charge is 0.416 e. The molecule has 1 aliphatic heterocycles. The van der Waals surface area contributed by atoms with Crippen LogP contribution in [0.25, 0.3) is 0 Å². The van der Waals surface area contributed by atoms with Gasteiger partial charge in [-0.2, -0.15) is 13.2 Å². The van der Waals surface area contributed by atoms with Gasteiger partial charge in [0, 0.05) is 19.6 Å². The number of alkyl halides is 3. The molecule has 0 spiro atoms. The second-order valence-corrected chi connectivity index (χ2v) is 5.49. The summed E-state index contributed by atoms with van der Waals surface area (Å²) in [6.45, 7) is 2.12. The molecule has 7 heteroatoms. The van der Waals surface area contributed by atoms with Gasteiger partial charge in [0.15, 0.2) is 5.96 Å². The quantitative estimate of drug-likeness (QED) is 0.895. The highest BCUT2D eigenvalue weighted by atomic mass is 19.4. The molecule has 0 fully saturated rings. The fraction of sp³-hybridized carbons (Fsp3) is 0.533. The van der Waals surface area contributed by atoms with Gasteiger partial charge in [0.25, 0.3) is 0 Å². The Bertz CT molecular complexity index is 526. The molecular formula is C15H21F3N4. The van der Waals surface area contributed by atoms with Crippen LogP contribution >= 0.6 is 0 Å². The minimum atomic E-state index is -4.32. The van der Waals surface area contributed by atoms with E-state index in [0.29, 0.717) is 18.1 Å². The molecule has 1 aromatic rings. The smallest absolute Gasteiger partial charge is 0.356 e. The fourth-order valence-corrected chi connectivity index (χ4v) is 2.37. The Hall–Kier alpha value is -1.76. The summed E-state index contributed by atoms with van der Waals surface area (Å²) in [5.74, 6) is 0.713. The van der Waals surface area contributed by atoms with Gasteiger partial charge in [-0.3, -0.25) is 4.99 Å². The van der Waals surface area contributed by atoms with E-state index in [0.717, 1.165) is 25.6 Å². The molecule has 0 aromatic heterocycles. The maximum absolute atomic E-state index is 12.9. The van der Waals surface area contributed by atoms with Gasteiger partial charge in [0.2, 0.25) is 0 Å². The van der Waals surface area contributed by atoms with Crippen molar-refractivity contribution in [3.8, 4) is 0 Å². The summed E-state index contributed by atoms with van der Waals surface area (Å²) in [4.78, 5) is 6.20. The zero-order valence-corrected chi connectivity index (χ0v) is 12.7. The number of hydrogen-bond acceptors (Lipinski definition) is 4. The van der Waals surface area contributed by atoms with Gasteiger partial charge in [-0.05, 0) is 38.2 Å². The number of rotatable bonds is 4. The molecule has 1 atom stereocenters. The van der Waals surface area contributed by atoms with E-state index in [1.165, 1.54) is 12.1 Å². The summed E-state index contributed by atoms with van der Waals surface area (Å²) < 4.78 is 38.6. The molecular weight excluding hydrogens is 293 g/mol. The number of nitrogens with one attached hydrogen (secondary N) is 2. The second-order valence-electron chi connectivity index (χ2n) is 5.49. The molecule has 4 nitrogen and oxygen atoms in total. The van der Waals surface area contributed by atoms with Crippen LogP contribution < -0.4 is 10.6 Å². The highest BCUT2D eigenvalue weighted by Crippen LogP contribution is 2.31. The van der Waals surface area contributed by atoms with Crippen LogP contribution in [0.15, 0.2) is 29.3 Å². The van der Waals surface area contributed by atoms with Crippen LogP contribution in [-0.4, -0.2) is 44.6 Å². The van der Waals surface area contributed by atoms with Crippen LogP contribution in [-0.2, 0) is 6.18 Å². The van der Waals surface area contributed by atoms with Crippen LogP contribution in [0.4, 0.5) is 13.2 Å². The van der Waals surface area contributed by atoms with E-state index in [1.807, 2.05) is 19.0 Å². The first kappa shape index (κ1) is 16.6. The summed E-state index contributed by atoms with van der Waals surface area (Å²) in [6.07, 6.45) is -3.33. The number of halogens is 3. The first-order valence-corrected chi connectivity index (χ1v) is 7.23. The average molecular weight is 314 g/mol. The number of nitrogens with zero attached hydrogens (tertiary/aromatic N) is 2. The third kappa shape index (κ3) is 4.37. The normalized spacial score (nSPS) is 16.9. The van der Waals surface area contributed by atoms with E-state index in [1.54, 1.807) is 6.07 Å². The minimum absolute atomic E-state index is 0.172. The zero-order chi connectivity index (χ0) is 16.2. The van der Waals surface area contributed by atoms with E-state index in [-0.39, 0.29) is 6.04 Å². The van der Waals surface area contributed by atoms with Crippen molar-refractivity contribution in [1.82, 2.24) is 15.5 Å². The Morgan fingerprint density at radius 3 is 2.73 bits per heavy atom. The number of aliphatic imine (C=N–C) groups is 1. The molecule has 2 N–H and O–H groups in total. The van der Waals surface area contributed by atoms with Crippen molar-refractivity contribution in [1.29, 1.82) is 0 Å². The van der Waals surface area contributed by atoms with Crippen LogP contribution in [0.2, 0.25) is 0 Å². The standard InChI is InChI=1S/C15H21F3N4/c1-22(2)13(10-21-14-19-7-4-8-20-14)11-5-3-6-12(9-11)15(16,17)18/h3,5-6,9,13H,4,7-8,10H2,1-2H3,(H2,19,20,21)/t13-/m0/s1. The first-order valence-electron chi connectivity index (χ1n) is 7.23. The maximum atomic E-state index is 12.9. The van der Waals surface area contributed by atoms with Gasteiger partial charge in [-0.1, -0.05) is 12.1 Å². The Labute approximate surface area is 128 Å². The molecule has 1 heterocycles. The van der Waals surface area contributed by atoms with E-state index >= 15 is 0 Å². The van der Waals surface area contributed by atoms with Gasteiger partial charge in [0.05, 0.1) is 11.6 Å². The number of likely N-dealkylation sites (N-methyl/N-ethyl adjacent to an activating group) is 1. The lowest BCUT2D eigenvalue weighted by Crippen LogP contribution is -2.44. The molecule has 1 aliphatic rings. The summed E-state index contributed by atoms with van der Waals surface area (Å²) in [5, 5.41) is 6.32. The van der Waals surface area contributed by atoms with Crippen molar-refractivity contribution in [3.05, 3.63) is 35.4 Å². The molecule has 0 amide bonds. The summed E-state index contributed by atoms with van der Waals surface area (Å²) in [6, 6.07) is 5.30. The number of benzene rings is 1.